The van der Waals surface area contributed by atoms with Gasteiger partial charge in [0.25, 0.3) is 0 Å². The molecule has 1 N–H and O–H groups in total. The standard InChI is InChI=1S/C12H16O3S/c1-14-16-11-4-2-3-9-5-6-10(7-8-13)15-12(9)11/h2-4,10,13H,5-8H2,1H3. The van der Waals surface area contributed by atoms with E-state index in [4.69, 9.17) is 14.0 Å². The minimum atomic E-state index is 0.135. The number of fused-ring (bicyclic) bond motifs is 1. The van der Waals surface area contributed by atoms with E-state index in [1.165, 1.54) is 17.6 Å². The van der Waals surface area contributed by atoms with Crippen LogP contribution in [0.1, 0.15) is 18.4 Å². The van der Waals surface area contributed by atoms with Crippen LogP contribution in [0.4, 0.5) is 0 Å². The maximum atomic E-state index is 8.93. The molecule has 0 saturated heterocycles. The van der Waals surface area contributed by atoms with Crippen LogP contribution >= 0.6 is 12.0 Å². The second-order valence-corrected chi connectivity index (χ2v) is 4.73. The van der Waals surface area contributed by atoms with Crippen molar-refractivity contribution in [3.05, 3.63) is 23.8 Å². The lowest BCUT2D eigenvalue weighted by atomic mass is 10.0. The molecule has 4 heteroatoms. The summed E-state index contributed by atoms with van der Waals surface area (Å²) in [4.78, 5) is 1.02. The monoisotopic (exact) mass is 240 g/mol. The summed E-state index contributed by atoms with van der Waals surface area (Å²) in [5.74, 6) is 0.930. The van der Waals surface area contributed by atoms with Gasteiger partial charge in [-0.2, -0.15) is 0 Å². The van der Waals surface area contributed by atoms with Gasteiger partial charge in [0.15, 0.2) is 0 Å². The summed E-state index contributed by atoms with van der Waals surface area (Å²) in [5, 5.41) is 8.93. The van der Waals surface area contributed by atoms with Gasteiger partial charge in [0.05, 0.1) is 12.0 Å². The zero-order chi connectivity index (χ0) is 11.4. The van der Waals surface area contributed by atoms with E-state index in [0.717, 1.165) is 23.5 Å². The van der Waals surface area contributed by atoms with Crippen molar-refractivity contribution in [2.24, 2.45) is 0 Å². The number of aryl methyl sites for hydroxylation is 1. The highest BCUT2D eigenvalue weighted by atomic mass is 32.2. The Bertz CT molecular complexity index is 354. The molecule has 2 rings (SSSR count). The maximum Gasteiger partial charge on any atom is 0.138 e. The van der Waals surface area contributed by atoms with E-state index in [-0.39, 0.29) is 12.7 Å². The highest BCUT2D eigenvalue weighted by Crippen LogP contribution is 2.37. The van der Waals surface area contributed by atoms with Crippen molar-refractivity contribution in [2.45, 2.75) is 30.3 Å². The van der Waals surface area contributed by atoms with Crippen molar-refractivity contribution >= 4 is 12.0 Å². The first-order chi connectivity index (χ1) is 7.85. The van der Waals surface area contributed by atoms with Gasteiger partial charge < -0.3 is 14.0 Å². The Morgan fingerprint density at radius 1 is 1.56 bits per heavy atom. The second-order valence-electron chi connectivity index (χ2n) is 3.79. The lowest BCUT2D eigenvalue weighted by Crippen LogP contribution is -2.24. The van der Waals surface area contributed by atoms with Gasteiger partial charge in [-0.05, 0) is 24.5 Å². The van der Waals surface area contributed by atoms with Crippen LogP contribution in [0.2, 0.25) is 0 Å². The van der Waals surface area contributed by atoms with Crippen molar-refractivity contribution in [1.82, 2.24) is 0 Å². The van der Waals surface area contributed by atoms with Crippen LogP contribution < -0.4 is 4.74 Å². The predicted octanol–water partition coefficient (Wildman–Crippen LogP) is 2.42. The van der Waals surface area contributed by atoms with Crippen molar-refractivity contribution in [2.75, 3.05) is 13.7 Å². The summed E-state index contributed by atoms with van der Waals surface area (Å²) in [5.41, 5.74) is 1.23. The van der Waals surface area contributed by atoms with Crippen LogP contribution in [0.25, 0.3) is 0 Å². The number of hydrogen-bond acceptors (Lipinski definition) is 4. The lowest BCUT2D eigenvalue weighted by molar-refractivity contribution is 0.130. The molecule has 1 heterocycles. The quantitative estimate of drug-likeness (QED) is 0.820. The average molecular weight is 240 g/mol. The zero-order valence-electron chi connectivity index (χ0n) is 9.31. The highest BCUT2D eigenvalue weighted by Gasteiger charge is 2.21. The normalized spacial score (nSPS) is 19.0. The molecule has 1 aromatic rings. The number of benzene rings is 1. The molecular weight excluding hydrogens is 224 g/mol. The van der Waals surface area contributed by atoms with E-state index in [9.17, 15) is 0 Å². The third kappa shape index (κ3) is 2.51. The number of aliphatic hydroxyl groups excluding tert-OH is 1. The van der Waals surface area contributed by atoms with E-state index in [1.54, 1.807) is 7.11 Å². The van der Waals surface area contributed by atoms with E-state index < -0.39 is 0 Å². The Hall–Kier alpha value is -0.710. The molecule has 1 aliphatic heterocycles. The third-order valence-corrected chi connectivity index (χ3v) is 3.37. The fourth-order valence-corrected chi connectivity index (χ4v) is 2.51. The molecular formula is C12H16O3S. The van der Waals surface area contributed by atoms with Gasteiger partial charge in [0.2, 0.25) is 0 Å². The van der Waals surface area contributed by atoms with Crippen LogP contribution in [0.15, 0.2) is 23.1 Å². The molecule has 0 spiro atoms. The first kappa shape index (κ1) is 11.8. The molecule has 0 saturated carbocycles. The summed E-state index contributed by atoms with van der Waals surface area (Å²) >= 11 is 1.32. The Morgan fingerprint density at radius 3 is 3.19 bits per heavy atom. The van der Waals surface area contributed by atoms with Gasteiger partial charge in [0.1, 0.15) is 11.9 Å². The molecule has 0 aliphatic carbocycles. The Morgan fingerprint density at radius 2 is 2.44 bits per heavy atom. The van der Waals surface area contributed by atoms with Crippen LogP contribution in [0.3, 0.4) is 0 Å². The second kappa shape index (κ2) is 5.57. The topological polar surface area (TPSA) is 38.7 Å². The van der Waals surface area contributed by atoms with Crippen LogP contribution in [0.5, 0.6) is 5.75 Å². The number of rotatable bonds is 4. The fraction of sp³-hybridized carbons (Fsp3) is 0.500. The molecule has 1 atom stereocenters. The van der Waals surface area contributed by atoms with Crippen molar-refractivity contribution < 1.29 is 14.0 Å². The Kier molecular flexibility index (Phi) is 4.09. The summed E-state index contributed by atoms with van der Waals surface area (Å²) in [7, 11) is 1.65. The molecule has 0 amide bonds. The molecule has 1 unspecified atom stereocenters. The van der Waals surface area contributed by atoms with Gasteiger partial charge in [0, 0.05) is 25.1 Å². The van der Waals surface area contributed by atoms with Gasteiger partial charge >= 0.3 is 0 Å². The molecule has 3 nitrogen and oxygen atoms in total. The molecule has 0 aromatic heterocycles. The summed E-state index contributed by atoms with van der Waals surface area (Å²) in [6, 6.07) is 6.11. The minimum absolute atomic E-state index is 0.135. The molecule has 16 heavy (non-hydrogen) atoms. The fourth-order valence-electron chi connectivity index (χ4n) is 1.94. The zero-order valence-corrected chi connectivity index (χ0v) is 10.1. The van der Waals surface area contributed by atoms with Crippen LogP contribution in [-0.4, -0.2) is 24.9 Å². The van der Waals surface area contributed by atoms with Crippen molar-refractivity contribution in [1.29, 1.82) is 0 Å². The van der Waals surface area contributed by atoms with E-state index >= 15 is 0 Å². The van der Waals surface area contributed by atoms with Gasteiger partial charge in [-0.1, -0.05) is 12.1 Å². The van der Waals surface area contributed by atoms with Gasteiger partial charge in [-0.15, -0.1) is 0 Å². The summed E-state index contributed by atoms with van der Waals surface area (Å²) in [6.07, 6.45) is 2.83. The molecule has 1 aliphatic rings. The van der Waals surface area contributed by atoms with Gasteiger partial charge in [-0.3, -0.25) is 0 Å². The van der Waals surface area contributed by atoms with Crippen molar-refractivity contribution in [3.8, 4) is 5.75 Å². The van der Waals surface area contributed by atoms with Crippen molar-refractivity contribution in [3.63, 3.8) is 0 Å². The maximum absolute atomic E-state index is 8.93. The number of para-hydroxylation sites is 1. The average Bonchev–Trinajstić information content (AvgIpc) is 2.31. The van der Waals surface area contributed by atoms with E-state index in [0.29, 0.717) is 6.42 Å². The number of hydrogen-bond donors (Lipinski definition) is 1. The van der Waals surface area contributed by atoms with Crippen LogP contribution in [-0.2, 0) is 10.6 Å². The molecule has 0 bridgehead atoms. The number of aliphatic hydroxyl groups is 1. The molecule has 88 valence electrons. The molecule has 0 radical (unpaired) electrons. The first-order valence-corrected chi connectivity index (χ1v) is 6.19. The van der Waals surface area contributed by atoms with Crippen LogP contribution in [0, 0.1) is 0 Å². The Balaban J connectivity index is 2.20. The predicted molar refractivity (Wildman–Crippen MR) is 63.7 cm³/mol. The SMILES string of the molecule is COSc1cccc2c1OC(CCO)CC2. The molecule has 0 fully saturated rings. The molecule has 1 aromatic carbocycles. The number of ether oxygens (including phenoxy) is 1. The Labute approximate surface area is 100.0 Å². The largest absolute Gasteiger partial charge is 0.489 e. The lowest BCUT2D eigenvalue weighted by Gasteiger charge is -2.27. The highest BCUT2D eigenvalue weighted by molar-refractivity contribution is 7.94. The van der Waals surface area contributed by atoms with E-state index in [2.05, 4.69) is 6.07 Å². The summed E-state index contributed by atoms with van der Waals surface area (Å²) in [6.45, 7) is 0.180. The van der Waals surface area contributed by atoms with Gasteiger partial charge in [-0.25, -0.2) is 0 Å². The van der Waals surface area contributed by atoms with E-state index in [1.807, 2.05) is 12.1 Å². The summed E-state index contributed by atoms with van der Waals surface area (Å²) < 4.78 is 11.0. The minimum Gasteiger partial charge on any atom is -0.489 e. The first-order valence-electron chi connectivity index (χ1n) is 5.45. The smallest absolute Gasteiger partial charge is 0.138 e. The third-order valence-electron chi connectivity index (χ3n) is 2.70.